The third-order valence-electron chi connectivity index (χ3n) is 3.92. The maximum Gasteiger partial charge on any atom is 0.490 e. The topological polar surface area (TPSA) is 138 Å². The highest BCUT2D eigenvalue weighted by Crippen LogP contribution is 2.27. The average molecular weight is 467 g/mol. The third kappa shape index (κ3) is 6.42. The van der Waals surface area contributed by atoms with Gasteiger partial charge in [0.05, 0.1) is 11.3 Å². The quantitative estimate of drug-likeness (QED) is 0.501. The van der Waals surface area contributed by atoms with Crippen molar-refractivity contribution in [2.45, 2.75) is 39.0 Å². The Hall–Kier alpha value is -3.65. The normalized spacial score (nSPS) is 11.8. The number of rotatable bonds is 4. The van der Waals surface area contributed by atoms with Gasteiger partial charge >= 0.3 is 18.3 Å². The molecule has 32 heavy (non-hydrogen) atoms. The number of hydrogen-bond acceptors (Lipinski definition) is 6. The van der Waals surface area contributed by atoms with Crippen molar-refractivity contribution in [3.8, 4) is 11.4 Å². The van der Waals surface area contributed by atoms with Crippen LogP contribution < -0.4 is 5.56 Å². The number of nitrogens with one attached hydrogen (secondary N) is 2. The summed E-state index contributed by atoms with van der Waals surface area (Å²) in [6.45, 7) is 3.80. The Kier molecular flexibility index (Phi) is 7.10. The summed E-state index contributed by atoms with van der Waals surface area (Å²) in [7, 11) is 0. The number of carboxylic acids is 1. The number of pyridine rings is 1. The van der Waals surface area contributed by atoms with Gasteiger partial charge < -0.3 is 19.6 Å². The van der Waals surface area contributed by atoms with E-state index < -0.39 is 29.6 Å². The van der Waals surface area contributed by atoms with E-state index in [2.05, 4.69) is 20.1 Å². The molecule has 0 aromatic carbocycles. The van der Waals surface area contributed by atoms with Gasteiger partial charge in [-0.25, -0.2) is 9.78 Å². The third-order valence-corrected chi connectivity index (χ3v) is 3.92. The number of halogens is 6. The molecule has 3 aromatic heterocycles. The van der Waals surface area contributed by atoms with Crippen molar-refractivity contribution in [1.29, 1.82) is 0 Å². The number of aryl methyl sites for hydroxylation is 4. The summed E-state index contributed by atoms with van der Waals surface area (Å²) in [4.78, 5) is 34.0. The molecule has 3 aromatic rings. The Morgan fingerprint density at radius 2 is 1.69 bits per heavy atom. The zero-order valence-electron chi connectivity index (χ0n) is 16.4. The second kappa shape index (κ2) is 9.23. The number of aromatic nitrogens is 5. The Bertz CT molecular complexity index is 1130. The standard InChI is InChI=1S/C15H14F3N5O2.C2HF3O2/c1-7-8(2)20-11(19-7)5-6-12-22-13(23-25-12)9-3-4-10(15(16,17)18)21-14(9)24;3-2(4,5)1(6)7/h3-4H,5-6H2,1-2H3,(H,19,20)(H,21,24);(H,6,7). The van der Waals surface area contributed by atoms with E-state index in [1.54, 1.807) is 4.98 Å². The molecule has 3 heterocycles. The smallest absolute Gasteiger partial charge is 0.475 e. The second-order valence-corrected chi connectivity index (χ2v) is 6.32. The Labute approximate surface area is 174 Å². The minimum atomic E-state index is -5.08. The molecule has 0 amide bonds. The summed E-state index contributed by atoms with van der Waals surface area (Å²) >= 11 is 0. The van der Waals surface area contributed by atoms with Gasteiger partial charge in [-0.05, 0) is 26.0 Å². The molecule has 15 heteroatoms. The van der Waals surface area contributed by atoms with E-state index in [-0.39, 0.29) is 17.3 Å². The molecule has 0 aliphatic rings. The summed E-state index contributed by atoms with van der Waals surface area (Å²) in [5.41, 5.74) is -0.282. The maximum absolute atomic E-state index is 12.6. The first-order valence-corrected chi connectivity index (χ1v) is 8.64. The van der Waals surface area contributed by atoms with E-state index in [0.29, 0.717) is 12.8 Å². The molecule has 0 spiro atoms. The molecule has 0 radical (unpaired) electrons. The number of imidazole rings is 1. The van der Waals surface area contributed by atoms with Crippen LogP contribution in [0, 0.1) is 13.8 Å². The monoisotopic (exact) mass is 467 g/mol. The van der Waals surface area contributed by atoms with Crippen LogP contribution in [0.1, 0.15) is 28.8 Å². The Morgan fingerprint density at radius 1 is 1.06 bits per heavy atom. The highest BCUT2D eigenvalue weighted by Gasteiger charge is 2.38. The second-order valence-electron chi connectivity index (χ2n) is 6.32. The van der Waals surface area contributed by atoms with Gasteiger partial charge in [0, 0.05) is 18.5 Å². The van der Waals surface area contributed by atoms with E-state index in [9.17, 15) is 31.1 Å². The summed E-state index contributed by atoms with van der Waals surface area (Å²) in [6, 6.07) is 1.79. The molecule has 3 N–H and O–H groups in total. The molecule has 0 aliphatic heterocycles. The van der Waals surface area contributed by atoms with Crippen LogP contribution in [-0.2, 0) is 23.8 Å². The van der Waals surface area contributed by atoms with Crippen LogP contribution in [0.5, 0.6) is 0 Å². The number of carboxylic acid groups (broad SMARTS) is 1. The number of carbonyl (C=O) groups is 1. The summed E-state index contributed by atoms with van der Waals surface area (Å²) < 4.78 is 74.5. The van der Waals surface area contributed by atoms with Gasteiger partial charge in [0.25, 0.3) is 5.56 Å². The van der Waals surface area contributed by atoms with E-state index in [1.807, 2.05) is 13.8 Å². The molecule has 0 saturated heterocycles. The minimum Gasteiger partial charge on any atom is -0.475 e. The molecule has 0 unspecified atom stereocenters. The van der Waals surface area contributed by atoms with Crippen molar-refractivity contribution >= 4 is 5.97 Å². The highest BCUT2D eigenvalue weighted by atomic mass is 19.4. The molecular weight excluding hydrogens is 452 g/mol. The van der Waals surface area contributed by atoms with Gasteiger partial charge in [0.15, 0.2) is 0 Å². The lowest BCUT2D eigenvalue weighted by Gasteiger charge is -2.05. The van der Waals surface area contributed by atoms with Crippen LogP contribution in [0.25, 0.3) is 11.4 Å². The number of aromatic amines is 2. The molecule has 0 saturated carbocycles. The van der Waals surface area contributed by atoms with E-state index in [1.165, 1.54) is 0 Å². The van der Waals surface area contributed by atoms with Crippen molar-refractivity contribution in [2.75, 3.05) is 0 Å². The first kappa shape index (κ1) is 24.6. The molecule has 3 rings (SSSR count). The van der Waals surface area contributed by atoms with Gasteiger partial charge in [-0.2, -0.15) is 31.3 Å². The largest absolute Gasteiger partial charge is 0.490 e. The molecule has 0 bridgehead atoms. The van der Waals surface area contributed by atoms with E-state index in [0.717, 1.165) is 29.3 Å². The van der Waals surface area contributed by atoms with Gasteiger partial charge in [0.1, 0.15) is 11.5 Å². The first-order chi connectivity index (χ1) is 14.7. The lowest BCUT2D eigenvalue weighted by Crippen LogP contribution is -2.21. The van der Waals surface area contributed by atoms with Crippen molar-refractivity contribution < 1.29 is 40.8 Å². The SMILES string of the molecule is Cc1nc(CCc2nc(-c3ccc(C(F)(F)F)[nH]c3=O)no2)[nH]c1C.O=C(O)C(F)(F)F. The minimum absolute atomic E-state index is 0.0585. The number of nitrogens with zero attached hydrogens (tertiary/aromatic N) is 3. The molecule has 174 valence electrons. The lowest BCUT2D eigenvalue weighted by atomic mass is 10.2. The van der Waals surface area contributed by atoms with Crippen LogP contribution in [0.3, 0.4) is 0 Å². The zero-order valence-corrected chi connectivity index (χ0v) is 16.4. The Morgan fingerprint density at radius 3 is 2.16 bits per heavy atom. The van der Waals surface area contributed by atoms with Crippen molar-refractivity contribution in [3.63, 3.8) is 0 Å². The fraction of sp³-hybridized carbons (Fsp3) is 0.353. The molecular formula is C17H15F6N5O4. The van der Waals surface area contributed by atoms with Crippen molar-refractivity contribution in [1.82, 2.24) is 25.1 Å². The van der Waals surface area contributed by atoms with Crippen LogP contribution in [0.15, 0.2) is 21.5 Å². The van der Waals surface area contributed by atoms with Gasteiger partial charge in [-0.3, -0.25) is 4.79 Å². The molecule has 0 aliphatic carbocycles. The van der Waals surface area contributed by atoms with Crippen molar-refractivity contribution in [2.24, 2.45) is 0 Å². The molecule has 0 atom stereocenters. The average Bonchev–Trinajstić information content (AvgIpc) is 3.25. The van der Waals surface area contributed by atoms with Gasteiger partial charge in [-0.15, -0.1) is 0 Å². The molecule has 9 nitrogen and oxygen atoms in total. The number of H-pyrrole nitrogens is 2. The maximum atomic E-state index is 12.6. The highest BCUT2D eigenvalue weighted by molar-refractivity contribution is 5.73. The van der Waals surface area contributed by atoms with Gasteiger partial charge in [-0.1, -0.05) is 5.16 Å². The summed E-state index contributed by atoms with van der Waals surface area (Å²) in [5, 5.41) is 10.8. The fourth-order valence-corrected chi connectivity index (χ4v) is 2.25. The molecule has 0 fully saturated rings. The van der Waals surface area contributed by atoms with E-state index in [4.69, 9.17) is 14.4 Å². The number of aliphatic carboxylic acids is 1. The lowest BCUT2D eigenvalue weighted by molar-refractivity contribution is -0.192. The number of hydrogen-bond donors (Lipinski definition) is 3. The van der Waals surface area contributed by atoms with E-state index >= 15 is 0 Å². The number of alkyl halides is 6. The first-order valence-electron chi connectivity index (χ1n) is 8.64. The zero-order chi connectivity index (χ0) is 24.3. The summed E-state index contributed by atoms with van der Waals surface area (Å²) in [5.74, 6) is -1.78. The van der Waals surface area contributed by atoms with Crippen LogP contribution in [-0.4, -0.2) is 42.3 Å². The van der Waals surface area contributed by atoms with Crippen LogP contribution in [0.4, 0.5) is 26.3 Å². The van der Waals surface area contributed by atoms with Gasteiger partial charge in [0.2, 0.25) is 11.7 Å². The van der Waals surface area contributed by atoms with Crippen LogP contribution >= 0.6 is 0 Å². The summed E-state index contributed by atoms with van der Waals surface area (Å²) in [6.07, 6.45) is -8.79. The fourth-order valence-electron chi connectivity index (χ4n) is 2.25. The Balaban J connectivity index is 0.000000451. The van der Waals surface area contributed by atoms with Crippen molar-refractivity contribution in [3.05, 3.63) is 51.3 Å². The van der Waals surface area contributed by atoms with Crippen LogP contribution in [0.2, 0.25) is 0 Å². The predicted molar refractivity (Wildman–Crippen MR) is 94.5 cm³/mol. The predicted octanol–water partition coefficient (Wildman–Crippen LogP) is 3.20.